The summed E-state index contributed by atoms with van der Waals surface area (Å²) in [7, 11) is 0.796. The SMILES string of the molecule is C.CC[N+](C)(CC)CC.CO[P+](=O)[O-]. The Labute approximate surface area is 89.4 Å². The summed E-state index contributed by atoms with van der Waals surface area (Å²) in [6, 6.07) is 0. The molecular weight excluding hydrogens is 201 g/mol. The van der Waals surface area contributed by atoms with Gasteiger partial charge in [-0.3, -0.25) is 0 Å². The molecular formula is C9H25NO3P+. The first kappa shape index (κ1) is 19.5. The Balaban J connectivity index is -0.000000177. The van der Waals surface area contributed by atoms with Crippen LogP contribution in [0.1, 0.15) is 28.2 Å². The summed E-state index contributed by atoms with van der Waals surface area (Å²) in [5.41, 5.74) is 0. The summed E-state index contributed by atoms with van der Waals surface area (Å²) in [6.45, 7) is 10.5. The van der Waals surface area contributed by atoms with Gasteiger partial charge in [0, 0.05) is 0 Å². The molecule has 0 radical (unpaired) electrons. The van der Waals surface area contributed by atoms with Crippen molar-refractivity contribution in [3.05, 3.63) is 0 Å². The van der Waals surface area contributed by atoms with Gasteiger partial charge in [0.1, 0.15) is 0 Å². The van der Waals surface area contributed by atoms with Crippen LogP contribution >= 0.6 is 8.25 Å². The predicted octanol–water partition coefficient (Wildman–Crippen LogP) is 1.78. The van der Waals surface area contributed by atoms with Gasteiger partial charge >= 0.3 is 8.25 Å². The van der Waals surface area contributed by atoms with Crippen molar-refractivity contribution in [3.63, 3.8) is 0 Å². The van der Waals surface area contributed by atoms with Crippen molar-refractivity contribution >= 4 is 8.25 Å². The molecule has 1 unspecified atom stereocenters. The van der Waals surface area contributed by atoms with Gasteiger partial charge in [-0.15, -0.1) is 0 Å². The van der Waals surface area contributed by atoms with Gasteiger partial charge in [-0.05, 0) is 25.3 Å². The van der Waals surface area contributed by atoms with Gasteiger partial charge in [0.15, 0.2) is 0 Å². The van der Waals surface area contributed by atoms with Crippen molar-refractivity contribution in [1.29, 1.82) is 0 Å². The summed E-state index contributed by atoms with van der Waals surface area (Å²) >= 11 is 0. The summed E-state index contributed by atoms with van der Waals surface area (Å²) in [6.07, 6.45) is 0. The van der Waals surface area contributed by atoms with E-state index in [-0.39, 0.29) is 7.43 Å². The minimum atomic E-state index is -2.60. The van der Waals surface area contributed by atoms with E-state index in [4.69, 9.17) is 0 Å². The molecule has 0 heterocycles. The lowest BCUT2D eigenvalue weighted by Crippen LogP contribution is -2.42. The molecule has 0 fully saturated rings. The van der Waals surface area contributed by atoms with Crippen molar-refractivity contribution in [3.8, 4) is 0 Å². The molecule has 4 nitrogen and oxygen atoms in total. The third-order valence-electron chi connectivity index (χ3n) is 2.44. The maximum Gasteiger partial charge on any atom is 0.488 e. The fraction of sp³-hybridized carbons (Fsp3) is 1.00. The molecule has 0 aromatic carbocycles. The molecule has 1 atom stereocenters. The van der Waals surface area contributed by atoms with E-state index in [1.54, 1.807) is 0 Å². The molecule has 0 spiro atoms. The summed E-state index contributed by atoms with van der Waals surface area (Å²) in [5.74, 6) is 0. The minimum Gasteiger partial charge on any atom is -0.566 e. The summed E-state index contributed by atoms with van der Waals surface area (Å²) in [4.78, 5) is 9.18. The maximum absolute atomic E-state index is 9.18. The highest BCUT2D eigenvalue weighted by Gasteiger charge is 2.10. The Morgan fingerprint density at radius 3 is 1.43 bits per heavy atom. The molecule has 14 heavy (non-hydrogen) atoms. The zero-order chi connectivity index (χ0) is 10.9. The van der Waals surface area contributed by atoms with Crippen molar-refractivity contribution in [2.75, 3.05) is 33.8 Å². The molecule has 0 aliphatic heterocycles. The molecule has 0 N–H and O–H groups in total. The first-order valence-corrected chi connectivity index (χ1v) is 5.57. The van der Waals surface area contributed by atoms with E-state index in [9.17, 15) is 9.46 Å². The fourth-order valence-corrected chi connectivity index (χ4v) is 0.671. The summed E-state index contributed by atoms with van der Waals surface area (Å²) < 4.78 is 14.1. The van der Waals surface area contributed by atoms with Crippen LogP contribution in [-0.2, 0) is 9.09 Å². The van der Waals surface area contributed by atoms with E-state index in [0.29, 0.717) is 0 Å². The lowest BCUT2D eigenvalue weighted by molar-refractivity contribution is -0.904. The Morgan fingerprint density at radius 2 is 1.43 bits per heavy atom. The monoisotopic (exact) mass is 226 g/mol. The van der Waals surface area contributed by atoms with Gasteiger partial charge in [0.05, 0.1) is 33.8 Å². The van der Waals surface area contributed by atoms with Crippen LogP contribution < -0.4 is 4.89 Å². The van der Waals surface area contributed by atoms with E-state index >= 15 is 0 Å². The number of rotatable bonds is 4. The standard InChI is InChI=1S/C7H18N.CH3O3P.CH4/c1-5-8(4,6-2)7-3;1-4-5(2)3;/h5-7H2,1-4H3;1H3;1H4/q+1;;. The second-order valence-corrected chi connectivity index (χ2v) is 3.79. The van der Waals surface area contributed by atoms with Crippen LogP contribution in [0.15, 0.2) is 0 Å². The first-order chi connectivity index (χ1) is 5.95. The molecule has 0 bridgehead atoms. The maximum atomic E-state index is 9.18. The largest absolute Gasteiger partial charge is 0.566 e. The van der Waals surface area contributed by atoms with Crippen LogP contribution in [0, 0.1) is 0 Å². The van der Waals surface area contributed by atoms with Crippen LogP contribution in [-0.4, -0.2) is 38.3 Å². The number of hydrogen-bond acceptors (Lipinski definition) is 3. The Hall–Kier alpha value is -0.0200. The normalized spacial score (nSPS) is 10.9. The average Bonchev–Trinajstić information content (AvgIpc) is 2.17. The minimum absolute atomic E-state index is 0. The molecule has 0 aliphatic rings. The predicted molar refractivity (Wildman–Crippen MR) is 59.2 cm³/mol. The molecule has 88 valence electrons. The zero-order valence-corrected chi connectivity index (χ0v) is 10.1. The Bertz CT molecular complexity index is 130. The van der Waals surface area contributed by atoms with E-state index in [1.165, 1.54) is 24.1 Å². The Morgan fingerprint density at radius 1 is 1.21 bits per heavy atom. The van der Waals surface area contributed by atoms with Gasteiger partial charge in [-0.1, -0.05) is 7.43 Å². The van der Waals surface area contributed by atoms with Crippen molar-refractivity contribution < 1.29 is 18.5 Å². The highest BCUT2D eigenvalue weighted by molar-refractivity contribution is 7.30. The first-order valence-electron chi connectivity index (χ1n) is 4.47. The van der Waals surface area contributed by atoms with Gasteiger partial charge < -0.3 is 9.38 Å². The second-order valence-electron chi connectivity index (χ2n) is 2.97. The van der Waals surface area contributed by atoms with E-state index in [2.05, 4.69) is 32.3 Å². The smallest absolute Gasteiger partial charge is 0.488 e. The van der Waals surface area contributed by atoms with Gasteiger partial charge in [-0.2, -0.15) is 4.52 Å². The van der Waals surface area contributed by atoms with Crippen molar-refractivity contribution in [1.82, 2.24) is 0 Å². The van der Waals surface area contributed by atoms with Gasteiger partial charge in [0.25, 0.3) is 0 Å². The van der Waals surface area contributed by atoms with Gasteiger partial charge in [-0.25, -0.2) is 0 Å². The molecule has 0 aromatic heterocycles. The number of hydrogen-bond donors (Lipinski definition) is 0. The number of quaternary nitrogens is 1. The van der Waals surface area contributed by atoms with Gasteiger partial charge in [0.2, 0.25) is 0 Å². The zero-order valence-electron chi connectivity index (χ0n) is 9.24. The highest BCUT2D eigenvalue weighted by atomic mass is 31.1. The van der Waals surface area contributed by atoms with E-state index in [1.807, 2.05) is 0 Å². The van der Waals surface area contributed by atoms with E-state index < -0.39 is 8.25 Å². The third-order valence-corrected chi connectivity index (χ3v) is 2.74. The van der Waals surface area contributed by atoms with Crippen molar-refractivity contribution in [2.45, 2.75) is 28.2 Å². The molecule has 0 amide bonds. The molecule has 0 saturated carbocycles. The highest BCUT2D eigenvalue weighted by Crippen LogP contribution is 2.02. The number of nitrogens with zero attached hydrogens (tertiary/aromatic N) is 1. The lowest BCUT2D eigenvalue weighted by atomic mass is 10.4. The molecule has 0 rings (SSSR count). The molecule has 5 heteroatoms. The fourth-order valence-electron chi connectivity index (χ4n) is 0.671. The van der Waals surface area contributed by atoms with Crippen LogP contribution in [0.5, 0.6) is 0 Å². The quantitative estimate of drug-likeness (QED) is 0.542. The second kappa shape index (κ2) is 11.1. The van der Waals surface area contributed by atoms with Crippen molar-refractivity contribution in [2.24, 2.45) is 0 Å². The Kier molecular flexibility index (Phi) is 15.4. The molecule has 0 saturated heterocycles. The molecule has 0 aliphatic carbocycles. The third kappa shape index (κ3) is 12.0. The van der Waals surface area contributed by atoms with Crippen LogP contribution in [0.25, 0.3) is 0 Å². The average molecular weight is 226 g/mol. The van der Waals surface area contributed by atoms with Crippen LogP contribution in [0.4, 0.5) is 0 Å². The summed E-state index contributed by atoms with van der Waals surface area (Å²) in [5, 5.41) is 0. The molecule has 0 aromatic rings. The topological polar surface area (TPSA) is 49.4 Å². The van der Waals surface area contributed by atoms with E-state index in [0.717, 1.165) is 7.11 Å². The van der Waals surface area contributed by atoms with Crippen LogP contribution in [0.3, 0.4) is 0 Å². The lowest BCUT2D eigenvalue weighted by Gasteiger charge is -2.30. The van der Waals surface area contributed by atoms with Crippen LogP contribution in [0.2, 0.25) is 0 Å².